The minimum Gasteiger partial charge on any atom is -0.326 e. The Morgan fingerprint density at radius 2 is 0.879 bits per heavy atom. The number of benzene rings is 2. The number of nitrogens with zero attached hydrogens (tertiary/aromatic N) is 2. The molecule has 0 atom stereocenters. The van der Waals surface area contributed by atoms with Gasteiger partial charge < -0.3 is 22.9 Å². The van der Waals surface area contributed by atoms with E-state index in [-0.39, 0.29) is 24.8 Å². The third-order valence-corrected chi connectivity index (χ3v) is 12.6. The Morgan fingerprint density at radius 3 is 1.12 bits per heavy atom. The van der Waals surface area contributed by atoms with Gasteiger partial charge in [0.1, 0.15) is 11.2 Å². The molecule has 4 aromatic rings. The summed E-state index contributed by atoms with van der Waals surface area (Å²) in [6, 6.07) is 16.6. The van der Waals surface area contributed by atoms with Gasteiger partial charge in [-0.1, -0.05) is 104 Å². The SMILES string of the molecule is CCC(CC)(O[PH](=O)OC(CC)(CC)c1c(C)nc(CC(C)C)c(CN)c1-c1ccc(CN)cc1)c1c(C)nc(CC(C)C)c(CN)c1-c1ccc(CN)cc1.Cl.Cl. The molecule has 0 fully saturated rings. The normalized spacial score (nSPS) is 12.0. The van der Waals surface area contributed by atoms with Gasteiger partial charge in [0, 0.05) is 60.1 Å². The highest BCUT2D eigenvalue weighted by Crippen LogP contribution is 2.53. The zero-order valence-corrected chi connectivity index (χ0v) is 39.2. The molecule has 2 aromatic heterocycles. The summed E-state index contributed by atoms with van der Waals surface area (Å²) in [6.45, 7) is 22.6. The van der Waals surface area contributed by atoms with Crippen LogP contribution in [0.25, 0.3) is 22.3 Å². The second kappa shape index (κ2) is 22.8. The predicted molar refractivity (Wildman–Crippen MR) is 248 cm³/mol. The van der Waals surface area contributed by atoms with Gasteiger partial charge in [0.2, 0.25) is 0 Å². The molecule has 12 heteroatoms. The van der Waals surface area contributed by atoms with Gasteiger partial charge in [-0.3, -0.25) is 23.6 Å². The molecule has 0 amide bonds. The largest absolute Gasteiger partial charge is 0.326 e. The van der Waals surface area contributed by atoms with Crippen molar-refractivity contribution in [1.82, 2.24) is 9.97 Å². The van der Waals surface area contributed by atoms with Gasteiger partial charge in [-0.05, 0) is 109 Å². The molecule has 4 rings (SSSR count). The number of aryl methyl sites for hydroxylation is 2. The van der Waals surface area contributed by atoms with E-state index in [1.54, 1.807) is 0 Å². The number of pyridine rings is 2. The van der Waals surface area contributed by atoms with Crippen molar-refractivity contribution in [2.24, 2.45) is 34.8 Å². The molecule has 0 aliphatic carbocycles. The number of halogens is 2. The maximum absolute atomic E-state index is 14.9. The van der Waals surface area contributed by atoms with Gasteiger partial charge in [-0.15, -0.1) is 24.8 Å². The number of aromatic nitrogens is 2. The van der Waals surface area contributed by atoms with Crippen molar-refractivity contribution < 1.29 is 13.6 Å². The fraction of sp³-hybridized carbons (Fsp3) is 0.522. The minimum atomic E-state index is -3.19. The van der Waals surface area contributed by atoms with Crippen molar-refractivity contribution in [1.29, 1.82) is 0 Å². The highest BCUT2D eigenvalue weighted by Gasteiger charge is 2.42. The summed E-state index contributed by atoms with van der Waals surface area (Å²) in [5.74, 6) is 0.760. The standard InChI is InChI=1S/C46H69N6O3P.2ClH/c1-11-45(12-2,43-31(9)51-39(23-29(5)6)37(27-49)41(43)35-19-15-33(25-47)16-20-35)54-56(53)55-46(13-3,14-4)44-32(10)52-40(24-30(7)8)38(28-50)42(44)36-21-17-34(26-48)18-22-36;;/h15-22,29-30,56H,11-14,23-28,47-50H2,1-10H3;2*1H. The first kappa shape index (κ1) is 51.5. The van der Waals surface area contributed by atoms with Crippen molar-refractivity contribution in [2.45, 2.75) is 145 Å². The molecule has 0 spiro atoms. The van der Waals surface area contributed by atoms with Gasteiger partial charge in [0.25, 0.3) is 0 Å². The van der Waals surface area contributed by atoms with E-state index in [9.17, 15) is 4.57 Å². The van der Waals surface area contributed by atoms with E-state index in [2.05, 4.69) is 104 Å². The van der Waals surface area contributed by atoms with Crippen LogP contribution in [0, 0.1) is 25.7 Å². The van der Waals surface area contributed by atoms with Crippen LogP contribution in [-0.2, 0) is 63.8 Å². The smallest absolute Gasteiger partial charge is 0.320 e. The topological polar surface area (TPSA) is 165 Å². The molecule has 0 bridgehead atoms. The second-order valence-electron chi connectivity index (χ2n) is 16.0. The van der Waals surface area contributed by atoms with E-state index in [1.165, 1.54) is 0 Å². The number of rotatable bonds is 20. The van der Waals surface area contributed by atoms with Crippen molar-refractivity contribution >= 4 is 33.1 Å². The first-order chi connectivity index (χ1) is 26.7. The van der Waals surface area contributed by atoms with Gasteiger partial charge >= 0.3 is 8.25 Å². The number of hydrogen-bond donors (Lipinski definition) is 4. The molecule has 0 aliphatic rings. The first-order valence-corrected chi connectivity index (χ1v) is 21.9. The summed E-state index contributed by atoms with van der Waals surface area (Å²) in [5.41, 5.74) is 36.7. The fourth-order valence-electron chi connectivity index (χ4n) is 8.46. The molecule has 2 heterocycles. The molecule has 0 saturated carbocycles. The van der Waals surface area contributed by atoms with Gasteiger partial charge in [-0.25, -0.2) is 0 Å². The average Bonchev–Trinajstić information content (AvgIpc) is 3.18. The molecule has 8 N–H and O–H groups in total. The van der Waals surface area contributed by atoms with Gasteiger partial charge in [-0.2, -0.15) is 0 Å². The highest BCUT2D eigenvalue weighted by molar-refractivity contribution is 7.33. The van der Waals surface area contributed by atoms with Crippen molar-refractivity contribution in [3.05, 3.63) is 105 Å². The molecule has 0 saturated heterocycles. The molecule has 0 aliphatic heterocycles. The summed E-state index contributed by atoms with van der Waals surface area (Å²) < 4.78 is 28.7. The summed E-state index contributed by atoms with van der Waals surface area (Å²) in [4.78, 5) is 10.4. The average molecular weight is 858 g/mol. The lowest BCUT2D eigenvalue weighted by Gasteiger charge is -2.39. The Labute approximate surface area is 362 Å². The Morgan fingerprint density at radius 1 is 0.569 bits per heavy atom. The Hall–Kier alpha value is -2.69. The second-order valence-corrected chi connectivity index (χ2v) is 16.9. The minimum absolute atomic E-state index is 0. The van der Waals surface area contributed by atoms with Crippen LogP contribution >= 0.6 is 33.1 Å². The van der Waals surface area contributed by atoms with Crippen molar-refractivity contribution in [3.8, 4) is 22.3 Å². The van der Waals surface area contributed by atoms with E-state index < -0.39 is 19.5 Å². The Bertz CT molecular complexity index is 1810. The maximum Gasteiger partial charge on any atom is 0.320 e. The molecule has 9 nitrogen and oxygen atoms in total. The van der Waals surface area contributed by atoms with E-state index >= 15 is 0 Å². The molecule has 2 aromatic carbocycles. The first-order valence-electron chi connectivity index (χ1n) is 20.7. The summed E-state index contributed by atoms with van der Waals surface area (Å²) in [6.07, 6.45) is 3.73. The van der Waals surface area contributed by atoms with E-state index in [4.69, 9.17) is 42.0 Å². The third-order valence-electron chi connectivity index (χ3n) is 11.5. The lowest BCUT2D eigenvalue weighted by atomic mass is 9.79. The molecule has 322 valence electrons. The molecular formula is C46H71Cl2N6O3P. The van der Waals surface area contributed by atoms with Crippen LogP contribution in [0.4, 0.5) is 0 Å². The van der Waals surface area contributed by atoms with E-state index in [0.717, 1.165) is 91.3 Å². The Balaban J connectivity index is 0.00000580. The third kappa shape index (κ3) is 11.0. The molecule has 0 unspecified atom stereocenters. The summed E-state index contributed by atoms with van der Waals surface area (Å²) in [7, 11) is -3.19. The molecular weight excluding hydrogens is 786 g/mol. The van der Waals surface area contributed by atoms with Crippen LogP contribution in [0.1, 0.15) is 137 Å². The van der Waals surface area contributed by atoms with Crippen LogP contribution < -0.4 is 22.9 Å². The van der Waals surface area contributed by atoms with E-state index in [1.807, 2.05) is 13.8 Å². The fourth-order valence-corrected chi connectivity index (χ4v) is 9.92. The lowest BCUT2D eigenvalue weighted by Crippen LogP contribution is -2.33. The summed E-state index contributed by atoms with van der Waals surface area (Å²) in [5, 5.41) is 0. The lowest BCUT2D eigenvalue weighted by molar-refractivity contribution is -0.00206. The maximum atomic E-state index is 14.9. The quantitative estimate of drug-likeness (QED) is 0.0633. The van der Waals surface area contributed by atoms with E-state index in [0.29, 0.717) is 63.7 Å². The van der Waals surface area contributed by atoms with Crippen LogP contribution in [0.15, 0.2) is 48.5 Å². The van der Waals surface area contributed by atoms with Crippen LogP contribution in [-0.4, -0.2) is 9.97 Å². The van der Waals surface area contributed by atoms with Crippen LogP contribution in [0.5, 0.6) is 0 Å². The molecule has 0 radical (unpaired) electrons. The highest BCUT2D eigenvalue weighted by atomic mass is 35.5. The zero-order chi connectivity index (χ0) is 41.4. The number of hydrogen-bond acceptors (Lipinski definition) is 9. The zero-order valence-electron chi connectivity index (χ0n) is 36.6. The molecule has 58 heavy (non-hydrogen) atoms. The predicted octanol–water partition coefficient (Wildman–Crippen LogP) is 10.7. The van der Waals surface area contributed by atoms with Crippen molar-refractivity contribution in [3.63, 3.8) is 0 Å². The monoisotopic (exact) mass is 856 g/mol. The Kier molecular flexibility index (Phi) is 20.2. The van der Waals surface area contributed by atoms with Gasteiger partial charge in [0.15, 0.2) is 0 Å². The van der Waals surface area contributed by atoms with Gasteiger partial charge in [0.05, 0.1) is 0 Å². The number of nitrogens with two attached hydrogens (primary N) is 4. The summed E-state index contributed by atoms with van der Waals surface area (Å²) >= 11 is 0. The van der Waals surface area contributed by atoms with Crippen LogP contribution in [0.3, 0.4) is 0 Å². The van der Waals surface area contributed by atoms with Crippen molar-refractivity contribution in [2.75, 3.05) is 0 Å². The van der Waals surface area contributed by atoms with Crippen LogP contribution in [0.2, 0.25) is 0 Å².